The molecule has 0 aliphatic carbocycles. The number of hydrogen-bond acceptors (Lipinski definition) is 7. The number of hydrogen-bond donors (Lipinski definition) is 0. The van der Waals surface area contributed by atoms with Crippen LogP contribution in [0.25, 0.3) is 0 Å². The average molecular weight is 1180 g/mol. The number of nitrogens with zero attached hydrogens (tertiary/aromatic N) is 4. The molecule has 11 nitrogen and oxygen atoms in total. The third-order valence-corrected chi connectivity index (χ3v) is 17.6. The molecule has 0 aromatic rings. The fourth-order valence-electron chi connectivity index (χ4n) is 10.7. The number of phosphoric acid groups is 2. The normalized spacial score (nSPS) is 12.1. The van der Waals surface area contributed by atoms with E-state index in [1.165, 1.54) is 328 Å². The summed E-state index contributed by atoms with van der Waals surface area (Å²) in [5, 5.41) is 0. The molecule has 0 spiro atoms. The van der Waals surface area contributed by atoms with E-state index >= 15 is 0 Å². The van der Waals surface area contributed by atoms with E-state index in [1.807, 2.05) is 0 Å². The summed E-state index contributed by atoms with van der Waals surface area (Å²) in [6.07, 6.45) is 44.2. The predicted molar refractivity (Wildman–Crippen MR) is 334 cm³/mol. The van der Waals surface area contributed by atoms with Crippen LogP contribution in [0.1, 0.15) is 316 Å². The molecule has 0 rings (SSSR count). The molecule has 0 heterocycles. The third kappa shape index (κ3) is 59.1. The molecule has 0 aliphatic rings. The second-order valence-corrected chi connectivity index (χ2v) is 26.0. The number of unbranched alkanes of at least 4 members (excludes halogenated alkanes) is 16. The zero-order valence-electron chi connectivity index (χ0n) is 55.8. The Balaban J connectivity index is -0.000000210. The molecule has 0 saturated heterocycles. The zero-order chi connectivity index (χ0) is 59.6. The SMILES string of the molecule is CCCC[N+](CCCC)(CCCC)CCCC.CCCC[N+](CCCC)(CCCC)CCCC.CCCC[N+](CCCC)(CCCC)CCCC.CCCC[N+](CCCC)(CCCC)CCCC.O=P([O-])([O-])OP(=O)([O-])[O-].[Ar]. The molecule has 0 radical (unpaired) electrons. The summed E-state index contributed by atoms with van der Waals surface area (Å²) < 4.78 is 26.8. The van der Waals surface area contributed by atoms with Crippen molar-refractivity contribution in [3.8, 4) is 0 Å². The molecule has 480 valence electrons. The summed E-state index contributed by atoms with van der Waals surface area (Å²) in [4.78, 5) is 37.3. The van der Waals surface area contributed by atoms with Gasteiger partial charge in [0.2, 0.25) is 0 Å². The van der Waals surface area contributed by atoms with E-state index < -0.39 is 15.6 Å². The van der Waals surface area contributed by atoms with Crippen LogP contribution in [-0.2, 0) is 13.4 Å². The van der Waals surface area contributed by atoms with Gasteiger partial charge in [0.15, 0.2) is 0 Å². The maximum Gasteiger partial charge on any atom is 0.0786 e. The van der Waals surface area contributed by atoms with Gasteiger partial charge in [-0.3, -0.25) is 0 Å². The maximum atomic E-state index is 9.32. The van der Waals surface area contributed by atoms with Gasteiger partial charge in [0, 0.05) is 37.7 Å². The van der Waals surface area contributed by atoms with Gasteiger partial charge in [-0.05, 0) is 103 Å². The van der Waals surface area contributed by atoms with Crippen LogP contribution in [-0.4, -0.2) is 123 Å². The second-order valence-electron chi connectivity index (χ2n) is 23.6. The molecular formula is C64H144ArN4O7P2. The van der Waals surface area contributed by atoms with Crippen LogP contribution in [0.2, 0.25) is 0 Å². The minimum atomic E-state index is -5.68. The van der Waals surface area contributed by atoms with Crippen molar-refractivity contribution in [2.45, 2.75) is 316 Å². The molecule has 0 bridgehead atoms. The van der Waals surface area contributed by atoms with Crippen molar-refractivity contribution in [3.05, 3.63) is 0 Å². The van der Waals surface area contributed by atoms with Crippen molar-refractivity contribution in [1.82, 2.24) is 0 Å². The van der Waals surface area contributed by atoms with Crippen LogP contribution in [0.15, 0.2) is 0 Å². The summed E-state index contributed by atoms with van der Waals surface area (Å²) >= 11 is 0. The van der Waals surface area contributed by atoms with Crippen molar-refractivity contribution in [1.29, 1.82) is 0 Å². The molecular weight excluding hydrogens is 1040 g/mol. The molecule has 0 aromatic heterocycles. The van der Waals surface area contributed by atoms with Gasteiger partial charge in [0.05, 0.1) is 120 Å². The van der Waals surface area contributed by atoms with Gasteiger partial charge >= 0.3 is 0 Å². The van der Waals surface area contributed by atoms with Gasteiger partial charge in [-0.15, -0.1) is 0 Å². The van der Waals surface area contributed by atoms with Gasteiger partial charge in [-0.1, -0.05) is 214 Å². The third-order valence-electron chi connectivity index (χ3n) is 16.0. The minimum Gasteiger partial charge on any atom is -0.790 e. The molecule has 0 aromatic carbocycles. The molecule has 0 saturated carbocycles. The van der Waals surface area contributed by atoms with Crippen LogP contribution in [0, 0.1) is 37.7 Å². The molecule has 78 heavy (non-hydrogen) atoms. The fourth-order valence-corrected chi connectivity index (χ4v) is 11.7. The minimum absolute atomic E-state index is 0. The van der Waals surface area contributed by atoms with Gasteiger partial charge in [0.25, 0.3) is 0 Å². The summed E-state index contributed by atoms with van der Waals surface area (Å²) in [6.45, 7) is 60.1. The van der Waals surface area contributed by atoms with Gasteiger partial charge in [-0.2, -0.15) is 0 Å². The monoisotopic (exact) mass is 1180 g/mol. The van der Waals surface area contributed by atoms with Crippen molar-refractivity contribution in [2.24, 2.45) is 0 Å². The average Bonchev–Trinajstić information content (AvgIpc) is 3.41. The Labute approximate surface area is 521 Å². The molecule has 0 fully saturated rings. The smallest absolute Gasteiger partial charge is 0.0786 e. The largest absolute Gasteiger partial charge is 0.790 e. The van der Waals surface area contributed by atoms with Crippen LogP contribution in [0.4, 0.5) is 0 Å². The zero-order valence-corrected chi connectivity index (χ0v) is 58.3. The quantitative estimate of drug-likeness (QED) is 0.0437. The van der Waals surface area contributed by atoms with Crippen LogP contribution in [0.3, 0.4) is 0 Å². The first-order valence-corrected chi connectivity index (χ1v) is 36.8. The molecule has 0 unspecified atom stereocenters. The summed E-state index contributed by atoms with van der Waals surface area (Å²) in [5.41, 5.74) is 0. The van der Waals surface area contributed by atoms with E-state index in [9.17, 15) is 28.7 Å². The van der Waals surface area contributed by atoms with Gasteiger partial charge in [-0.25, -0.2) is 0 Å². The topological polar surface area (TPSA) is 136 Å². The number of rotatable bonds is 50. The van der Waals surface area contributed by atoms with Crippen molar-refractivity contribution < 1.29 is 88.7 Å². The predicted octanol–water partition coefficient (Wildman–Crippen LogP) is 16.7. The Morgan fingerprint density at radius 2 is 0.295 bits per heavy atom. The van der Waals surface area contributed by atoms with E-state index in [0.717, 1.165) is 0 Å². The first-order chi connectivity index (χ1) is 36.7. The Bertz CT molecular complexity index is 947. The summed E-state index contributed by atoms with van der Waals surface area (Å²) in [5.74, 6) is 0. The summed E-state index contributed by atoms with van der Waals surface area (Å²) in [7, 11) is -11.4. The Morgan fingerprint density at radius 3 is 0.333 bits per heavy atom. The van der Waals surface area contributed by atoms with Crippen molar-refractivity contribution >= 4 is 15.6 Å². The van der Waals surface area contributed by atoms with Gasteiger partial charge in [0.1, 0.15) is 0 Å². The molecule has 0 aliphatic heterocycles. The second kappa shape index (κ2) is 62.9. The van der Waals surface area contributed by atoms with E-state index in [2.05, 4.69) is 115 Å². The van der Waals surface area contributed by atoms with E-state index in [-0.39, 0.29) is 37.7 Å². The van der Waals surface area contributed by atoms with E-state index in [4.69, 9.17) is 0 Å². The Morgan fingerprint density at radius 1 is 0.218 bits per heavy atom. The summed E-state index contributed by atoms with van der Waals surface area (Å²) in [6, 6.07) is 0. The molecule has 14 heteroatoms. The van der Waals surface area contributed by atoms with Crippen molar-refractivity contribution in [3.63, 3.8) is 0 Å². The van der Waals surface area contributed by atoms with E-state index in [0.29, 0.717) is 0 Å². The van der Waals surface area contributed by atoms with Crippen molar-refractivity contribution in [2.75, 3.05) is 105 Å². The maximum absolute atomic E-state index is 9.32. The Hall–Kier alpha value is 1.36. The molecule has 0 N–H and O–H groups in total. The Kier molecular flexibility index (Phi) is 73.0. The van der Waals surface area contributed by atoms with Gasteiger partial charge < -0.3 is 50.9 Å². The van der Waals surface area contributed by atoms with Crippen LogP contribution >= 0.6 is 15.6 Å². The molecule has 0 atom stereocenters. The van der Waals surface area contributed by atoms with E-state index in [1.54, 1.807) is 0 Å². The standard InChI is InChI=1S/4C16H36N.Ar.H4O7P2/c4*1-5-9-13-17(14-10-6-2,15-11-7-3)16-12-8-4;;1-8(2,3)7-9(4,5)6/h4*5-16H2,1-4H3;;(H2,1,2,3)(H2,4,5,6)/q4*+1;;/p-4. The first kappa shape index (κ1) is 90.5. The molecule has 0 amide bonds. The first-order valence-electron chi connectivity index (χ1n) is 33.8. The number of quaternary nitrogens is 4. The van der Waals surface area contributed by atoms with Crippen LogP contribution in [0.5, 0.6) is 0 Å². The fraction of sp³-hybridized carbons (Fsp3) is 1.00. The van der Waals surface area contributed by atoms with Crippen LogP contribution < -0.4 is 19.6 Å².